The second-order valence-corrected chi connectivity index (χ2v) is 4.00. The molecular weight excluding hydrogens is 208 g/mol. The van der Waals surface area contributed by atoms with Crippen molar-refractivity contribution in [1.82, 2.24) is 15.0 Å². The van der Waals surface area contributed by atoms with Gasteiger partial charge >= 0.3 is 0 Å². The number of nitrogens with zero attached hydrogens (tertiary/aromatic N) is 3. The lowest BCUT2D eigenvalue weighted by molar-refractivity contribution is 0.737. The Balaban J connectivity index is 2.10. The van der Waals surface area contributed by atoms with Gasteiger partial charge in [0.25, 0.3) is 0 Å². The molecule has 4 nitrogen and oxygen atoms in total. The highest BCUT2D eigenvalue weighted by molar-refractivity contribution is 7.09. The molecule has 0 aliphatic rings. The van der Waals surface area contributed by atoms with E-state index in [2.05, 4.69) is 27.2 Å². The molecule has 2 heterocycles. The van der Waals surface area contributed by atoms with Crippen LogP contribution in [0.15, 0.2) is 30.2 Å². The quantitative estimate of drug-likeness (QED) is 0.860. The highest BCUT2D eigenvalue weighted by Gasteiger charge is 2.11. The summed E-state index contributed by atoms with van der Waals surface area (Å²) in [6.45, 7) is 2.13. The molecule has 0 radical (unpaired) electrons. The van der Waals surface area contributed by atoms with Gasteiger partial charge in [-0.2, -0.15) is 0 Å². The van der Waals surface area contributed by atoms with E-state index in [1.807, 2.05) is 17.6 Å². The minimum Gasteiger partial charge on any atom is -0.361 e. The first-order valence-corrected chi connectivity index (χ1v) is 5.70. The third-order valence-corrected chi connectivity index (χ3v) is 2.95. The van der Waals surface area contributed by atoms with Crippen molar-refractivity contribution in [3.05, 3.63) is 35.2 Å². The van der Waals surface area contributed by atoms with Gasteiger partial charge in [-0.25, -0.2) is 15.0 Å². The molecule has 78 valence electrons. The number of thiazole rings is 1. The second-order valence-electron chi connectivity index (χ2n) is 3.07. The summed E-state index contributed by atoms with van der Waals surface area (Å²) in [6.07, 6.45) is 6.07. The van der Waals surface area contributed by atoms with Crippen molar-refractivity contribution in [2.24, 2.45) is 0 Å². The van der Waals surface area contributed by atoms with Gasteiger partial charge in [-0.15, -0.1) is 11.3 Å². The topological polar surface area (TPSA) is 50.7 Å². The Kier molecular flexibility index (Phi) is 3.24. The Morgan fingerprint density at radius 1 is 1.40 bits per heavy atom. The number of nitrogens with one attached hydrogen (secondary N) is 1. The monoisotopic (exact) mass is 220 g/mol. The molecule has 2 aromatic rings. The molecule has 0 aliphatic carbocycles. The molecule has 5 heteroatoms. The van der Waals surface area contributed by atoms with Crippen LogP contribution in [0.4, 0.5) is 5.82 Å². The molecule has 1 atom stereocenters. The van der Waals surface area contributed by atoms with Crippen LogP contribution in [0, 0.1) is 0 Å². The fourth-order valence-corrected chi connectivity index (χ4v) is 2.07. The maximum absolute atomic E-state index is 4.30. The molecule has 1 N–H and O–H groups in total. The van der Waals surface area contributed by atoms with Crippen LogP contribution in [0.2, 0.25) is 0 Å². The molecule has 15 heavy (non-hydrogen) atoms. The average molecular weight is 220 g/mol. The van der Waals surface area contributed by atoms with Crippen LogP contribution in [-0.4, -0.2) is 15.0 Å². The lowest BCUT2D eigenvalue weighted by Gasteiger charge is -2.14. The molecule has 0 spiro atoms. The molecule has 0 aliphatic heterocycles. The maximum Gasteiger partial charge on any atom is 0.129 e. The lowest BCUT2D eigenvalue weighted by atomic mass is 10.2. The summed E-state index contributed by atoms with van der Waals surface area (Å²) < 4.78 is 0. The first-order valence-electron chi connectivity index (χ1n) is 4.82. The van der Waals surface area contributed by atoms with Gasteiger partial charge in [-0.05, 0) is 12.5 Å². The Morgan fingerprint density at radius 3 is 2.93 bits per heavy atom. The zero-order valence-corrected chi connectivity index (χ0v) is 9.24. The fourth-order valence-electron chi connectivity index (χ4n) is 1.30. The van der Waals surface area contributed by atoms with Crippen molar-refractivity contribution in [2.75, 3.05) is 5.32 Å². The third kappa shape index (κ3) is 2.50. The van der Waals surface area contributed by atoms with E-state index >= 15 is 0 Å². The minimum atomic E-state index is 0.236. The normalized spacial score (nSPS) is 12.3. The van der Waals surface area contributed by atoms with Crippen LogP contribution < -0.4 is 5.32 Å². The van der Waals surface area contributed by atoms with Crippen molar-refractivity contribution in [1.29, 1.82) is 0 Å². The molecule has 0 saturated carbocycles. The number of hydrogen-bond acceptors (Lipinski definition) is 5. The molecule has 1 unspecified atom stereocenters. The van der Waals surface area contributed by atoms with Crippen molar-refractivity contribution >= 4 is 17.2 Å². The van der Waals surface area contributed by atoms with Gasteiger partial charge in [0.05, 0.1) is 6.04 Å². The average Bonchev–Trinajstić information content (AvgIpc) is 2.81. The van der Waals surface area contributed by atoms with Crippen LogP contribution in [0.5, 0.6) is 0 Å². The lowest BCUT2D eigenvalue weighted by Crippen LogP contribution is -2.10. The first kappa shape index (κ1) is 10.0. The molecule has 0 aromatic carbocycles. The first-order chi connectivity index (χ1) is 7.40. The minimum absolute atomic E-state index is 0.236. The van der Waals surface area contributed by atoms with Gasteiger partial charge in [-0.3, -0.25) is 0 Å². The Labute approximate surface area is 92.4 Å². The summed E-state index contributed by atoms with van der Waals surface area (Å²) in [5.74, 6) is 0.840. The number of rotatable bonds is 4. The largest absolute Gasteiger partial charge is 0.361 e. The highest BCUT2D eigenvalue weighted by atomic mass is 32.1. The standard InChI is InChI=1S/C10H12N4S/c1-2-8(10-12-5-6-15-10)14-9-3-4-11-7-13-9/h3-8H,2H2,1H3,(H,11,13,14). The SMILES string of the molecule is CCC(Nc1ccncn1)c1nccs1. The molecule has 2 aromatic heterocycles. The van der Waals surface area contributed by atoms with Gasteiger partial charge in [0.2, 0.25) is 0 Å². The summed E-state index contributed by atoms with van der Waals surface area (Å²) in [4.78, 5) is 12.3. The number of anilines is 1. The van der Waals surface area contributed by atoms with Gasteiger partial charge in [0.15, 0.2) is 0 Å². The Morgan fingerprint density at radius 2 is 2.33 bits per heavy atom. The van der Waals surface area contributed by atoms with E-state index in [4.69, 9.17) is 0 Å². The Bertz CT molecular complexity index is 387. The van der Waals surface area contributed by atoms with Gasteiger partial charge in [0, 0.05) is 17.8 Å². The van der Waals surface area contributed by atoms with Crippen LogP contribution in [-0.2, 0) is 0 Å². The van der Waals surface area contributed by atoms with E-state index in [9.17, 15) is 0 Å². The van der Waals surface area contributed by atoms with E-state index in [0.717, 1.165) is 17.2 Å². The van der Waals surface area contributed by atoms with Crippen LogP contribution in [0.1, 0.15) is 24.4 Å². The Hall–Kier alpha value is -1.49. The summed E-state index contributed by atoms with van der Waals surface area (Å²) in [5.41, 5.74) is 0. The van der Waals surface area contributed by atoms with Crippen molar-refractivity contribution in [3.8, 4) is 0 Å². The summed E-state index contributed by atoms with van der Waals surface area (Å²) in [5, 5.41) is 6.41. The fraction of sp³-hybridized carbons (Fsp3) is 0.300. The number of aromatic nitrogens is 3. The van der Waals surface area contributed by atoms with E-state index in [-0.39, 0.29) is 6.04 Å². The van der Waals surface area contributed by atoms with E-state index in [1.165, 1.54) is 6.33 Å². The molecular formula is C10H12N4S. The molecule has 0 bridgehead atoms. The van der Waals surface area contributed by atoms with Gasteiger partial charge in [0.1, 0.15) is 17.2 Å². The van der Waals surface area contributed by atoms with Gasteiger partial charge < -0.3 is 5.32 Å². The van der Waals surface area contributed by atoms with Crippen LogP contribution in [0.25, 0.3) is 0 Å². The van der Waals surface area contributed by atoms with Crippen molar-refractivity contribution < 1.29 is 0 Å². The smallest absolute Gasteiger partial charge is 0.129 e. The zero-order valence-electron chi connectivity index (χ0n) is 8.42. The van der Waals surface area contributed by atoms with E-state index in [0.29, 0.717) is 0 Å². The predicted molar refractivity (Wildman–Crippen MR) is 60.8 cm³/mol. The molecule has 0 amide bonds. The van der Waals surface area contributed by atoms with Gasteiger partial charge in [-0.1, -0.05) is 6.92 Å². The summed E-state index contributed by atoms with van der Waals surface area (Å²) in [6, 6.07) is 2.09. The maximum atomic E-state index is 4.30. The zero-order chi connectivity index (χ0) is 10.5. The number of hydrogen-bond donors (Lipinski definition) is 1. The molecule has 0 fully saturated rings. The van der Waals surface area contributed by atoms with Crippen molar-refractivity contribution in [2.45, 2.75) is 19.4 Å². The van der Waals surface area contributed by atoms with Crippen LogP contribution in [0.3, 0.4) is 0 Å². The predicted octanol–water partition coefficient (Wildman–Crippen LogP) is 2.50. The second kappa shape index (κ2) is 4.84. The summed E-state index contributed by atoms with van der Waals surface area (Å²) in [7, 11) is 0. The van der Waals surface area contributed by atoms with E-state index in [1.54, 1.807) is 17.5 Å². The third-order valence-electron chi connectivity index (χ3n) is 2.06. The molecule has 2 rings (SSSR count). The summed E-state index contributed by atoms with van der Waals surface area (Å²) >= 11 is 1.66. The van der Waals surface area contributed by atoms with Crippen LogP contribution >= 0.6 is 11.3 Å². The van der Waals surface area contributed by atoms with Crippen molar-refractivity contribution in [3.63, 3.8) is 0 Å². The van der Waals surface area contributed by atoms with E-state index < -0.39 is 0 Å². The molecule has 0 saturated heterocycles. The highest BCUT2D eigenvalue weighted by Crippen LogP contribution is 2.22.